The van der Waals surface area contributed by atoms with Gasteiger partial charge in [0.25, 0.3) is 0 Å². The van der Waals surface area contributed by atoms with Gasteiger partial charge in [-0.25, -0.2) is 0 Å². The second kappa shape index (κ2) is 13.7. The third-order valence-electron chi connectivity index (χ3n) is 13.7. The number of allylic oxidation sites excluding steroid dienone is 2. The van der Waals surface area contributed by atoms with E-state index in [1.807, 2.05) is 72.8 Å². The van der Waals surface area contributed by atoms with Crippen LogP contribution in [0.5, 0.6) is 0 Å². The molecule has 8 aromatic carbocycles. The molecule has 9 aliphatic rings. The summed E-state index contributed by atoms with van der Waals surface area (Å²) in [5.74, 6) is 0. The van der Waals surface area contributed by atoms with E-state index in [1.54, 1.807) is 48.5 Å². The van der Waals surface area contributed by atoms with Crippen LogP contribution in [0.15, 0.2) is 229 Å². The summed E-state index contributed by atoms with van der Waals surface area (Å²) in [6, 6.07) is 54.3. The molecular formula is C52H32O8S4Sb2. The van der Waals surface area contributed by atoms with E-state index in [4.69, 9.17) is 0 Å². The van der Waals surface area contributed by atoms with Crippen molar-refractivity contribution < 1.29 is 33.7 Å². The molecule has 14 heteroatoms. The van der Waals surface area contributed by atoms with Gasteiger partial charge in [0, 0.05) is 0 Å². The van der Waals surface area contributed by atoms with E-state index in [-0.39, 0.29) is 0 Å². The van der Waals surface area contributed by atoms with Crippen molar-refractivity contribution in [1.29, 1.82) is 0 Å². The minimum atomic E-state index is -4.29. The van der Waals surface area contributed by atoms with E-state index >= 15 is 0 Å². The van der Waals surface area contributed by atoms with Crippen molar-refractivity contribution in [1.82, 2.24) is 0 Å². The van der Waals surface area contributed by atoms with Gasteiger partial charge in [0.15, 0.2) is 0 Å². The van der Waals surface area contributed by atoms with Crippen LogP contribution in [0, 0.1) is 0 Å². The Morgan fingerprint density at radius 3 is 0.652 bits per heavy atom. The topological polar surface area (TPSA) is 137 Å². The van der Waals surface area contributed by atoms with Crippen LogP contribution in [0.4, 0.5) is 0 Å². The number of benzene rings is 8. The SMILES string of the molecule is O=S1(=O)c2ccc(-c3cc[c]([Sb]4([c]5ccc(-c6ccc7cc6S7(=O)=O)cc5)=[Sb]([c]5ccc(-c6ccc7cc6S7(=O)=O)cc5)([c]5ccc(-c6ccc7cc6S7(=O)=O)cc5)[CH]=CC=[CH]4)cc3)c1c2. The molecule has 0 amide bonds. The number of rotatable bonds is 8. The summed E-state index contributed by atoms with van der Waals surface area (Å²) in [5.41, 5.74) is 5.71. The van der Waals surface area contributed by atoms with Gasteiger partial charge < -0.3 is 0 Å². The van der Waals surface area contributed by atoms with Gasteiger partial charge in [0.1, 0.15) is 0 Å². The number of fused-ring (bicyclic) bond motifs is 8. The molecule has 0 aliphatic carbocycles. The molecule has 9 heterocycles. The van der Waals surface area contributed by atoms with E-state index in [0.717, 1.165) is 36.3 Å². The van der Waals surface area contributed by atoms with Crippen molar-refractivity contribution in [3.8, 4) is 44.5 Å². The Morgan fingerprint density at radius 1 is 0.258 bits per heavy atom. The van der Waals surface area contributed by atoms with Gasteiger partial charge in [-0.3, -0.25) is 0 Å². The number of hydrogen-bond acceptors (Lipinski definition) is 8. The summed E-state index contributed by atoms with van der Waals surface area (Å²) >= 11 is -8.58. The zero-order chi connectivity index (χ0) is 45.2. The molecule has 322 valence electrons. The molecule has 0 N–H and O–H groups in total. The van der Waals surface area contributed by atoms with Crippen molar-refractivity contribution in [2.24, 2.45) is 0 Å². The summed E-state index contributed by atoms with van der Waals surface area (Å²) in [6.45, 7) is 0. The first kappa shape index (κ1) is 40.9. The van der Waals surface area contributed by atoms with Gasteiger partial charge in [0.05, 0.1) is 0 Å². The van der Waals surface area contributed by atoms with Crippen LogP contribution in [-0.4, -0.2) is 61.7 Å². The molecule has 0 saturated carbocycles. The molecule has 0 unspecified atom stereocenters. The molecule has 0 saturated heterocycles. The summed E-state index contributed by atoms with van der Waals surface area (Å²) in [4.78, 5) is 2.51. The molecule has 8 nitrogen and oxygen atoms in total. The molecule has 0 radical (unpaired) electrons. The fraction of sp³-hybridized carbons (Fsp3) is 0. The third-order valence-corrected chi connectivity index (χ3v) is 81.4. The molecular weight excluding hydrogens is 1120 g/mol. The van der Waals surface area contributed by atoms with Gasteiger partial charge in [-0.1, -0.05) is 0 Å². The van der Waals surface area contributed by atoms with Gasteiger partial charge in [-0.2, -0.15) is 0 Å². The standard InChI is InChI=1S/4C12H7O2S.C4H4.2Sb/c4*13-15(14)10-6-7-11(12(15)8-10)9-4-2-1-3-5-9;1-3-4-2;;/h4*2-8H;1-4H;;. The van der Waals surface area contributed by atoms with Crippen molar-refractivity contribution >= 4 is 81.4 Å². The van der Waals surface area contributed by atoms with Gasteiger partial charge >= 0.3 is 389 Å². The van der Waals surface area contributed by atoms with Crippen molar-refractivity contribution in [2.75, 3.05) is 0 Å². The van der Waals surface area contributed by atoms with E-state index < -0.39 is 67.4 Å². The van der Waals surface area contributed by atoms with Crippen LogP contribution < -0.4 is 14.0 Å². The maximum atomic E-state index is 13.0. The van der Waals surface area contributed by atoms with Crippen molar-refractivity contribution in [3.63, 3.8) is 0 Å². The second-order valence-electron chi connectivity index (χ2n) is 16.9. The molecule has 66 heavy (non-hydrogen) atoms. The molecule has 8 aromatic rings. The molecule has 0 aromatic heterocycles. The zero-order valence-electron chi connectivity index (χ0n) is 34.3. The predicted octanol–water partition coefficient (Wildman–Crippen LogP) is 7.05. The molecule has 0 fully saturated rings. The fourth-order valence-electron chi connectivity index (χ4n) is 10.2. The molecule has 0 spiro atoms. The quantitative estimate of drug-likeness (QED) is 0.148. The Bertz CT molecular complexity index is 3650. The second-order valence-corrected chi connectivity index (χ2v) is 64.1. The normalized spacial score (nSPS) is 18.8. The minimum absolute atomic E-state index is 0.312. The summed E-state index contributed by atoms with van der Waals surface area (Å²) in [6.07, 6.45) is 4.28. The Labute approximate surface area is 384 Å². The van der Waals surface area contributed by atoms with Crippen LogP contribution in [-0.2, 0) is 39.3 Å². The van der Waals surface area contributed by atoms with Crippen LogP contribution in [0.25, 0.3) is 44.5 Å². The Morgan fingerprint density at radius 2 is 0.470 bits per heavy atom. The maximum absolute atomic E-state index is 13.0. The third kappa shape index (κ3) is 5.26. The van der Waals surface area contributed by atoms with Gasteiger partial charge in [-0.15, -0.1) is 0 Å². The van der Waals surface area contributed by atoms with Gasteiger partial charge in [0.2, 0.25) is 0 Å². The summed E-state index contributed by atoms with van der Waals surface area (Å²) in [5, 5.41) is 0. The van der Waals surface area contributed by atoms with Crippen molar-refractivity contribution in [3.05, 3.63) is 190 Å². The van der Waals surface area contributed by atoms with Crippen LogP contribution in [0.2, 0.25) is 0 Å². The fourth-order valence-corrected chi connectivity index (χ4v) is 82.6. The van der Waals surface area contributed by atoms with E-state index in [2.05, 4.69) is 68.7 Å². The van der Waals surface area contributed by atoms with E-state index in [1.165, 1.54) is 0 Å². The Hall–Kier alpha value is -5.32. The first-order valence-corrected chi connectivity index (χ1v) is 43.6. The first-order valence-electron chi connectivity index (χ1n) is 20.8. The summed E-state index contributed by atoms with van der Waals surface area (Å²) in [7, 11) is -13.9. The molecule has 0 atom stereocenters. The summed E-state index contributed by atoms with van der Waals surface area (Å²) < 4.78 is 114. The van der Waals surface area contributed by atoms with Gasteiger partial charge in [-0.05, 0) is 0 Å². The van der Waals surface area contributed by atoms with Crippen LogP contribution >= 0.6 is 0 Å². The average Bonchev–Trinajstić information content (AvgIpc) is 3.36. The zero-order valence-corrected chi connectivity index (χ0v) is 42.6. The number of sulfone groups is 4. The monoisotopic (exact) mass is 1150 g/mol. The molecule has 9 aliphatic heterocycles. The number of hydrogen-bond donors (Lipinski definition) is 0. The Kier molecular flexibility index (Phi) is 8.46. The van der Waals surface area contributed by atoms with Crippen LogP contribution in [0.1, 0.15) is 0 Å². The predicted molar refractivity (Wildman–Crippen MR) is 258 cm³/mol. The van der Waals surface area contributed by atoms with E-state index in [0.29, 0.717) is 61.4 Å². The Balaban J connectivity index is 1.09. The van der Waals surface area contributed by atoms with Crippen LogP contribution in [0.3, 0.4) is 0 Å². The molecule has 8 bridgehead atoms. The van der Waals surface area contributed by atoms with E-state index in [9.17, 15) is 33.7 Å². The van der Waals surface area contributed by atoms with Crippen molar-refractivity contribution in [2.45, 2.75) is 39.2 Å². The molecule has 17 rings (SSSR count). The first-order chi connectivity index (χ1) is 31.7. The average molecular weight is 1160 g/mol.